The third-order valence-electron chi connectivity index (χ3n) is 2.69. The second-order valence-corrected chi connectivity index (χ2v) is 3.74. The van der Waals surface area contributed by atoms with E-state index >= 15 is 0 Å². The summed E-state index contributed by atoms with van der Waals surface area (Å²) in [5.74, 6) is 0.0375. The molecule has 0 N–H and O–H groups in total. The maximum absolute atomic E-state index is 11.6. The van der Waals surface area contributed by atoms with Gasteiger partial charge in [-0.25, -0.2) is 0 Å². The van der Waals surface area contributed by atoms with Crippen molar-refractivity contribution >= 4 is 5.97 Å². The van der Waals surface area contributed by atoms with Gasteiger partial charge in [0.1, 0.15) is 0 Å². The van der Waals surface area contributed by atoms with Crippen molar-refractivity contribution in [3.8, 4) is 0 Å². The Balaban J connectivity index is 2.62. The van der Waals surface area contributed by atoms with Gasteiger partial charge >= 0.3 is 5.97 Å². The molecule has 1 rings (SSSR count). The Kier molecular flexibility index (Phi) is 4.71. The number of allylic oxidation sites excluding steroid dienone is 1. The first-order chi connectivity index (χ1) is 6.79. The van der Waals surface area contributed by atoms with Gasteiger partial charge in [0.2, 0.25) is 0 Å². The lowest BCUT2D eigenvalue weighted by atomic mass is 9.84. The van der Waals surface area contributed by atoms with E-state index in [9.17, 15) is 4.79 Å². The average Bonchev–Trinajstić information content (AvgIpc) is 2.19. The van der Waals surface area contributed by atoms with Crippen molar-refractivity contribution < 1.29 is 9.53 Å². The number of carbonyl (C=O) groups excluding carboxylic acids is 1. The fourth-order valence-electron chi connectivity index (χ4n) is 2.06. The summed E-state index contributed by atoms with van der Waals surface area (Å²) < 4.78 is 5.08. The Labute approximate surface area is 86.3 Å². The predicted molar refractivity (Wildman–Crippen MR) is 57.0 cm³/mol. The van der Waals surface area contributed by atoms with Crippen LogP contribution < -0.4 is 0 Å². The first-order valence-electron chi connectivity index (χ1n) is 5.65. The van der Waals surface area contributed by atoms with E-state index < -0.39 is 0 Å². The Morgan fingerprint density at radius 3 is 2.93 bits per heavy atom. The fourth-order valence-corrected chi connectivity index (χ4v) is 2.06. The lowest BCUT2D eigenvalue weighted by Crippen LogP contribution is -2.22. The van der Waals surface area contributed by atoms with Crippen molar-refractivity contribution in [1.82, 2.24) is 0 Å². The van der Waals surface area contributed by atoms with E-state index in [1.807, 2.05) is 6.92 Å². The zero-order valence-electron chi connectivity index (χ0n) is 9.21. The molecule has 0 amide bonds. The van der Waals surface area contributed by atoms with Crippen LogP contribution in [0.1, 0.15) is 46.0 Å². The molecule has 1 saturated carbocycles. The molecule has 2 nitrogen and oxygen atoms in total. The summed E-state index contributed by atoms with van der Waals surface area (Å²) >= 11 is 0. The van der Waals surface area contributed by atoms with E-state index in [1.165, 1.54) is 12.0 Å². The van der Waals surface area contributed by atoms with E-state index in [2.05, 4.69) is 13.0 Å². The zero-order chi connectivity index (χ0) is 10.4. The summed E-state index contributed by atoms with van der Waals surface area (Å²) in [5, 5.41) is 0. The topological polar surface area (TPSA) is 26.3 Å². The van der Waals surface area contributed by atoms with Crippen LogP contribution in [-0.4, -0.2) is 12.6 Å². The van der Waals surface area contributed by atoms with Crippen LogP contribution in [0.5, 0.6) is 0 Å². The van der Waals surface area contributed by atoms with Gasteiger partial charge in [-0.05, 0) is 32.6 Å². The van der Waals surface area contributed by atoms with Gasteiger partial charge < -0.3 is 4.74 Å². The molecular weight excluding hydrogens is 176 g/mol. The van der Waals surface area contributed by atoms with Gasteiger partial charge in [0.15, 0.2) is 0 Å². The molecule has 0 saturated heterocycles. The molecule has 1 aliphatic carbocycles. The van der Waals surface area contributed by atoms with Crippen LogP contribution in [0.15, 0.2) is 11.6 Å². The normalized spacial score (nSPS) is 25.0. The highest BCUT2D eigenvalue weighted by Gasteiger charge is 2.26. The molecule has 0 spiro atoms. The van der Waals surface area contributed by atoms with E-state index in [4.69, 9.17) is 4.74 Å². The molecule has 0 heterocycles. The number of carbonyl (C=O) groups is 1. The Morgan fingerprint density at radius 1 is 1.50 bits per heavy atom. The highest BCUT2D eigenvalue weighted by molar-refractivity contribution is 5.76. The van der Waals surface area contributed by atoms with Crippen molar-refractivity contribution in [2.45, 2.75) is 46.0 Å². The zero-order valence-corrected chi connectivity index (χ0v) is 9.21. The minimum absolute atomic E-state index is 0.0214. The summed E-state index contributed by atoms with van der Waals surface area (Å²) in [7, 11) is 0. The third kappa shape index (κ3) is 2.86. The van der Waals surface area contributed by atoms with Crippen molar-refractivity contribution in [2.24, 2.45) is 5.92 Å². The maximum atomic E-state index is 11.6. The molecule has 0 bridgehead atoms. The SMILES string of the molecule is CC/C=C1/CCCCC1C(=O)OCC. The fraction of sp³-hybridized carbons (Fsp3) is 0.750. The minimum atomic E-state index is -0.0214. The Bertz CT molecular complexity index is 218. The molecule has 0 aromatic carbocycles. The summed E-state index contributed by atoms with van der Waals surface area (Å²) in [6.45, 7) is 4.47. The molecular formula is C12H20O2. The van der Waals surface area contributed by atoms with Gasteiger partial charge in [0, 0.05) is 0 Å². The lowest BCUT2D eigenvalue weighted by molar-refractivity contribution is -0.147. The van der Waals surface area contributed by atoms with Gasteiger partial charge in [0.25, 0.3) is 0 Å². The van der Waals surface area contributed by atoms with Crippen molar-refractivity contribution in [3.05, 3.63) is 11.6 Å². The second kappa shape index (κ2) is 5.84. The van der Waals surface area contributed by atoms with Gasteiger partial charge in [-0.1, -0.05) is 25.0 Å². The molecule has 0 aromatic heterocycles. The van der Waals surface area contributed by atoms with Gasteiger partial charge in [-0.15, -0.1) is 0 Å². The van der Waals surface area contributed by atoms with Crippen LogP contribution in [0.4, 0.5) is 0 Å². The molecule has 0 aliphatic heterocycles. The lowest BCUT2D eigenvalue weighted by Gasteiger charge is -2.23. The van der Waals surface area contributed by atoms with Gasteiger partial charge in [-0.3, -0.25) is 4.79 Å². The van der Waals surface area contributed by atoms with E-state index in [0.29, 0.717) is 6.61 Å². The van der Waals surface area contributed by atoms with Crippen LogP contribution in [0.3, 0.4) is 0 Å². The van der Waals surface area contributed by atoms with Crippen molar-refractivity contribution in [1.29, 1.82) is 0 Å². The number of hydrogen-bond acceptors (Lipinski definition) is 2. The maximum Gasteiger partial charge on any atom is 0.313 e. The molecule has 2 heteroatoms. The van der Waals surface area contributed by atoms with Crippen LogP contribution in [0.2, 0.25) is 0 Å². The molecule has 1 fully saturated rings. The Morgan fingerprint density at radius 2 is 2.29 bits per heavy atom. The first kappa shape index (κ1) is 11.3. The third-order valence-corrected chi connectivity index (χ3v) is 2.69. The highest BCUT2D eigenvalue weighted by atomic mass is 16.5. The highest BCUT2D eigenvalue weighted by Crippen LogP contribution is 2.30. The van der Waals surface area contributed by atoms with E-state index in [1.54, 1.807) is 0 Å². The molecule has 1 aliphatic rings. The van der Waals surface area contributed by atoms with E-state index in [-0.39, 0.29) is 11.9 Å². The van der Waals surface area contributed by atoms with E-state index in [0.717, 1.165) is 25.7 Å². The monoisotopic (exact) mass is 196 g/mol. The quantitative estimate of drug-likeness (QED) is 0.512. The largest absolute Gasteiger partial charge is 0.466 e. The summed E-state index contributed by atoms with van der Waals surface area (Å²) in [6, 6.07) is 0. The number of hydrogen-bond donors (Lipinski definition) is 0. The summed E-state index contributed by atoms with van der Waals surface area (Å²) in [6.07, 6.45) is 7.65. The van der Waals surface area contributed by atoms with Gasteiger partial charge in [-0.2, -0.15) is 0 Å². The molecule has 0 radical (unpaired) electrons. The van der Waals surface area contributed by atoms with Crippen LogP contribution in [0.25, 0.3) is 0 Å². The minimum Gasteiger partial charge on any atom is -0.466 e. The number of ether oxygens (including phenoxy) is 1. The standard InChI is InChI=1S/C12H20O2/c1-3-7-10-8-5-6-9-11(10)12(13)14-4-2/h7,11H,3-6,8-9H2,1-2H3/b10-7-. The predicted octanol–water partition coefficient (Wildman–Crippen LogP) is 3.08. The summed E-state index contributed by atoms with van der Waals surface area (Å²) in [5.41, 5.74) is 1.30. The number of rotatable bonds is 3. The smallest absolute Gasteiger partial charge is 0.313 e. The Hall–Kier alpha value is -0.790. The second-order valence-electron chi connectivity index (χ2n) is 3.74. The molecule has 1 unspecified atom stereocenters. The van der Waals surface area contributed by atoms with Crippen LogP contribution in [-0.2, 0) is 9.53 Å². The average molecular weight is 196 g/mol. The van der Waals surface area contributed by atoms with Crippen molar-refractivity contribution in [3.63, 3.8) is 0 Å². The molecule has 80 valence electrons. The summed E-state index contributed by atoms with van der Waals surface area (Å²) in [4.78, 5) is 11.6. The molecule has 0 aromatic rings. The molecule has 14 heavy (non-hydrogen) atoms. The first-order valence-corrected chi connectivity index (χ1v) is 5.65. The van der Waals surface area contributed by atoms with Crippen LogP contribution >= 0.6 is 0 Å². The van der Waals surface area contributed by atoms with Crippen LogP contribution in [0, 0.1) is 5.92 Å². The molecule has 1 atom stereocenters. The number of esters is 1. The van der Waals surface area contributed by atoms with Gasteiger partial charge in [0.05, 0.1) is 12.5 Å². The van der Waals surface area contributed by atoms with Crippen molar-refractivity contribution in [2.75, 3.05) is 6.61 Å².